The largest absolute Gasteiger partial charge is 0.478 e. The van der Waals surface area contributed by atoms with E-state index in [1.807, 2.05) is 19.2 Å². The summed E-state index contributed by atoms with van der Waals surface area (Å²) in [7, 11) is 0. The number of thioether (sulfide) groups is 1. The summed E-state index contributed by atoms with van der Waals surface area (Å²) in [6.07, 6.45) is 3.53. The lowest BCUT2D eigenvalue weighted by molar-refractivity contribution is 0.0689. The fourth-order valence-electron chi connectivity index (χ4n) is 1.55. The molecule has 0 saturated carbocycles. The maximum Gasteiger partial charge on any atom is 0.337 e. The van der Waals surface area contributed by atoms with E-state index >= 15 is 0 Å². The maximum absolute atomic E-state index is 11.4. The van der Waals surface area contributed by atoms with E-state index in [4.69, 9.17) is 0 Å². The minimum Gasteiger partial charge on any atom is -0.478 e. The Morgan fingerprint density at radius 1 is 1.26 bits per heavy atom. The Hall–Kier alpha value is -1.53. The minimum atomic E-state index is -0.930. The molecule has 0 spiro atoms. The van der Waals surface area contributed by atoms with Crippen molar-refractivity contribution in [3.8, 4) is 0 Å². The molecule has 0 amide bonds. The van der Waals surface area contributed by atoms with Gasteiger partial charge in [-0.25, -0.2) is 14.8 Å². The van der Waals surface area contributed by atoms with Crippen molar-refractivity contribution in [3.63, 3.8) is 0 Å². The SMILES string of the molecule is CSc1cccc(Sc2nccc(C)n2)c1C(=O)O. The lowest BCUT2D eigenvalue weighted by Crippen LogP contribution is -2.01. The first-order chi connectivity index (χ1) is 9.11. The van der Waals surface area contributed by atoms with Crippen molar-refractivity contribution in [2.75, 3.05) is 6.26 Å². The van der Waals surface area contributed by atoms with Crippen LogP contribution in [0.2, 0.25) is 0 Å². The highest BCUT2D eigenvalue weighted by atomic mass is 32.2. The highest BCUT2D eigenvalue weighted by molar-refractivity contribution is 7.99. The molecule has 98 valence electrons. The topological polar surface area (TPSA) is 63.1 Å². The van der Waals surface area contributed by atoms with Gasteiger partial charge in [-0.2, -0.15) is 0 Å². The van der Waals surface area contributed by atoms with Gasteiger partial charge in [0.25, 0.3) is 0 Å². The molecule has 0 saturated heterocycles. The van der Waals surface area contributed by atoms with E-state index in [1.165, 1.54) is 23.5 Å². The van der Waals surface area contributed by atoms with Crippen molar-refractivity contribution in [2.24, 2.45) is 0 Å². The fraction of sp³-hybridized carbons (Fsp3) is 0.154. The van der Waals surface area contributed by atoms with Crippen LogP contribution in [0.1, 0.15) is 16.1 Å². The molecule has 0 aliphatic carbocycles. The molecule has 0 aliphatic heterocycles. The molecule has 1 aromatic carbocycles. The van der Waals surface area contributed by atoms with E-state index < -0.39 is 5.97 Å². The van der Waals surface area contributed by atoms with Gasteiger partial charge in [0.05, 0.1) is 5.56 Å². The number of aromatic carboxylic acids is 1. The predicted octanol–water partition coefficient (Wildman–Crippen LogP) is 3.36. The van der Waals surface area contributed by atoms with Crippen LogP contribution >= 0.6 is 23.5 Å². The number of carboxylic acids is 1. The van der Waals surface area contributed by atoms with Crippen LogP contribution in [0.15, 0.2) is 45.4 Å². The first-order valence-electron chi connectivity index (χ1n) is 5.49. The van der Waals surface area contributed by atoms with E-state index in [-0.39, 0.29) is 0 Å². The summed E-state index contributed by atoms with van der Waals surface area (Å²) in [6.45, 7) is 1.88. The Balaban J connectivity index is 2.42. The van der Waals surface area contributed by atoms with Crippen LogP contribution < -0.4 is 0 Å². The number of hydrogen-bond acceptors (Lipinski definition) is 5. The van der Waals surface area contributed by atoms with Gasteiger partial charge >= 0.3 is 5.97 Å². The highest BCUT2D eigenvalue weighted by Crippen LogP contribution is 2.33. The second kappa shape index (κ2) is 6.08. The summed E-state index contributed by atoms with van der Waals surface area (Å²) >= 11 is 2.69. The van der Waals surface area contributed by atoms with Gasteiger partial charge in [-0.1, -0.05) is 6.07 Å². The Morgan fingerprint density at radius 3 is 2.63 bits per heavy atom. The number of nitrogens with zero attached hydrogens (tertiary/aromatic N) is 2. The molecular formula is C13H12N2O2S2. The molecule has 2 aromatic rings. The number of hydrogen-bond donors (Lipinski definition) is 1. The second-order valence-electron chi connectivity index (χ2n) is 3.72. The zero-order valence-electron chi connectivity index (χ0n) is 10.5. The van der Waals surface area contributed by atoms with E-state index in [9.17, 15) is 9.90 Å². The van der Waals surface area contributed by atoms with E-state index in [0.717, 1.165) is 10.6 Å². The standard InChI is InChI=1S/C13H12N2O2S2/c1-8-6-7-14-13(15-8)19-10-5-3-4-9(18-2)11(10)12(16)17/h3-7H,1-2H3,(H,16,17). The number of aromatic nitrogens is 2. The van der Waals surface area contributed by atoms with Gasteiger partial charge in [0.15, 0.2) is 5.16 Å². The molecule has 0 radical (unpaired) electrons. The molecule has 1 N–H and O–H groups in total. The van der Waals surface area contributed by atoms with E-state index in [1.54, 1.807) is 24.4 Å². The van der Waals surface area contributed by atoms with Crippen molar-refractivity contribution < 1.29 is 9.90 Å². The zero-order chi connectivity index (χ0) is 13.8. The molecule has 0 atom stereocenters. The third-order valence-electron chi connectivity index (χ3n) is 2.40. The quantitative estimate of drug-likeness (QED) is 0.688. The van der Waals surface area contributed by atoms with Gasteiger partial charge in [-0.15, -0.1) is 11.8 Å². The van der Waals surface area contributed by atoms with Crippen LogP contribution in [0.25, 0.3) is 0 Å². The average molecular weight is 292 g/mol. The molecule has 0 fully saturated rings. The van der Waals surface area contributed by atoms with Crippen molar-refractivity contribution in [2.45, 2.75) is 21.9 Å². The summed E-state index contributed by atoms with van der Waals surface area (Å²) in [5.74, 6) is -0.930. The monoisotopic (exact) mass is 292 g/mol. The van der Waals surface area contributed by atoms with E-state index in [0.29, 0.717) is 15.6 Å². The number of rotatable bonds is 4. The van der Waals surface area contributed by atoms with Crippen molar-refractivity contribution in [3.05, 3.63) is 41.7 Å². The number of carboxylic acid groups (broad SMARTS) is 1. The van der Waals surface area contributed by atoms with Gasteiger partial charge in [0.1, 0.15) is 0 Å². The molecule has 2 rings (SSSR count). The van der Waals surface area contributed by atoms with E-state index in [2.05, 4.69) is 9.97 Å². The first kappa shape index (κ1) is 13.9. The molecule has 6 heteroatoms. The maximum atomic E-state index is 11.4. The lowest BCUT2D eigenvalue weighted by Gasteiger charge is -2.08. The minimum absolute atomic E-state index is 0.310. The Kier molecular flexibility index (Phi) is 4.44. The Morgan fingerprint density at radius 2 is 2.00 bits per heavy atom. The molecule has 1 heterocycles. The Labute approximate surface area is 119 Å². The number of carbonyl (C=O) groups is 1. The molecular weight excluding hydrogens is 280 g/mol. The third kappa shape index (κ3) is 3.27. The summed E-state index contributed by atoms with van der Waals surface area (Å²) in [6, 6.07) is 7.23. The molecule has 0 bridgehead atoms. The van der Waals surface area contributed by atoms with Gasteiger partial charge in [-0.3, -0.25) is 0 Å². The highest BCUT2D eigenvalue weighted by Gasteiger charge is 2.16. The van der Waals surface area contributed by atoms with Gasteiger partial charge < -0.3 is 5.11 Å². The van der Waals surface area contributed by atoms with Crippen LogP contribution in [0, 0.1) is 6.92 Å². The molecule has 1 aromatic heterocycles. The fourth-order valence-corrected chi connectivity index (χ4v) is 3.18. The molecule has 0 aliphatic rings. The summed E-state index contributed by atoms with van der Waals surface area (Å²) in [5, 5.41) is 9.90. The Bertz CT molecular complexity index is 617. The van der Waals surface area contributed by atoms with Gasteiger partial charge in [-0.05, 0) is 43.1 Å². The predicted molar refractivity (Wildman–Crippen MR) is 76.1 cm³/mol. The van der Waals surface area contributed by atoms with Crippen LogP contribution in [-0.2, 0) is 0 Å². The summed E-state index contributed by atoms with van der Waals surface area (Å²) in [5.41, 5.74) is 1.17. The molecule has 4 nitrogen and oxygen atoms in total. The van der Waals surface area contributed by atoms with Gasteiger partial charge in [0.2, 0.25) is 0 Å². The van der Waals surface area contributed by atoms with Crippen molar-refractivity contribution >= 4 is 29.5 Å². The van der Waals surface area contributed by atoms with Crippen LogP contribution in [0.5, 0.6) is 0 Å². The van der Waals surface area contributed by atoms with Crippen molar-refractivity contribution in [1.82, 2.24) is 9.97 Å². The second-order valence-corrected chi connectivity index (χ2v) is 5.58. The van der Waals surface area contributed by atoms with Crippen LogP contribution in [0.4, 0.5) is 0 Å². The smallest absolute Gasteiger partial charge is 0.337 e. The third-order valence-corrected chi connectivity index (χ3v) is 4.12. The molecule has 19 heavy (non-hydrogen) atoms. The summed E-state index contributed by atoms with van der Waals surface area (Å²) < 4.78 is 0. The van der Waals surface area contributed by atoms with Crippen LogP contribution in [-0.4, -0.2) is 27.3 Å². The zero-order valence-corrected chi connectivity index (χ0v) is 12.1. The van der Waals surface area contributed by atoms with Gasteiger partial charge in [0, 0.05) is 21.7 Å². The number of benzene rings is 1. The average Bonchev–Trinajstić information content (AvgIpc) is 2.38. The number of aryl methyl sites for hydroxylation is 1. The molecule has 0 unspecified atom stereocenters. The summed E-state index contributed by atoms with van der Waals surface area (Å²) in [4.78, 5) is 21.2. The van der Waals surface area contributed by atoms with Crippen LogP contribution in [0.3, 0.4) is 0 Å². The lowest BCUT2D eigenvalue weighted by atomic mass is 10.2. The van der Waals surface area contributed by atoms with Crippen molar-refractivity contribution in [1.29, 1.82) is 0 Å². The normalized spacial score (nSPS) is 10.4. The first-order valence-corrected chi connectivity index (χ1v) is 7.53.